The Hall–Kier alpha value is -1.04. The lowest BCUT2D eigenvalue weighted by Gasteiger charge is -2.26. The van der Waals surface area contributed by atoms with E-state index in [4.69, 9.17) is 0 Å². The highest BCUT2D eigenvalue weighted by Gasteiger charge is 2.32. The monoisotopic (exact) mass is 312 g/mol. The van der Waals surface area contributed by atoms with E-state index in [1.54, 1.807) is 33.4 Å². The molecule has 2 unspecified atom stereocenters. The topological polar surface area (TPSA) is 0 Å². The Morgan fingerprint density at radius 2 is 0.957 bits per heavy atom. The van der Waals surface area contributed by atoms with Crippen LogP contribution < -0.4 is 0 Å². The summed E-state index contributed by atoms with van der Waals surface area (Å²) in [7, 11) is 0. The predicted molar refractivity (Wildman–Crippen MR) is 104 cm³/mol. The second kappa shape index (κ2) is 8.18. The number of rotatable bonds is 8. The van der Waals surface area contributed by atoms with E-state index in [1.165, 1.54) is 44.9 Å². The maximum Gasteiger partial charge on any atom is 0.00246 e. The van der Waals surface area contributed by atoms with Gasteiger partial charge in [-0.2, -0.15) is 0 Å². The average Bonchev–Trinajstić information content (AvgIpc) is 3.11. The van der Waals surface area contributed by atoms with Gasteiger partial charge in [0.2, 0.25) is 0 Å². The molecule has 0 saturated heterocycles. The second-order valence-corrected chi connectivity index (χ2v) is 7.00. The van der Waals surface area contributed by atoms with Crippen molar-refractivity contribution in [2.75, 3.05) is 0 Å². The maximum atomic E-state index is 2.53. The van der Waals surface area contributed by atoms with Crippen molar-refractivity contribution in [3.63, 3.8) is 0 Å². The van der Waals surface area contributed by atoms with Crippen LogP contribution in [0.5, 0.6) is 0 Å². The average molecular weight is 313 g/mol. The van der Waals surface area contributed by atoms with Gasteiger partial charge in [0.15, 0.2) is 0 Å². The van der Waals surface area contributed by atoms with E-state index in [1.807, 2.05) is 0 Å². The van der Waals surface area contributed by atoms with Crippen molar-refractivity contribution in [3.05, 3.63) is 45.6 Å². The first-order valence-electron chi connectivity index (χ1n) is 9.99. The third-order valence-electron chi connectivity index (χ3n) is 6.09. The molecule has 23 heavy (non-hydrogen) atoms. The highest BCUT2D eigenvalue weighted by molar-refractivity contribution is 5.46. The van der Waals surface area contributed by atoms with E-state index in [-0.39, 0.29) is 0 Å². The Bertz CT molecular complexity index is 501. The van der Waals surface area contributed by atoms with Gasteiger partial charge in [0.25, 0.3) is 0 Å². The molecule has 0 saturated carbocycles. The Balaban J connectivity index is 2.32. The SMILES string of the molecule is CCC1=CC(CC)=C(CC)C1CC1C(CC)=CC(CC)=C1CC. The van der Waals surface area contributed by atoms with Crippen LogP contribution in [0, 0.1) is 11.8 Å². The van der Waals surface area contributed by atoms with Crippen molar-refractivity contribution < 1.29 is 0 Å². The summed E-state index contributed by atoms with van der Waals surface area (Å²) >= 11 is 0. The molecule has 0 radical (unpaired) electrons. The molecule has 0 aromatic rings. The molecule has 0 N–H and O–H groups in total. The molecule has 0 fully saturated rings. The lowest BCUT2D eigenvalue weighted by molar-refractivity contribution is 0.515. The molecule has 2 aliphatic carbocycles. The summed E-state index contributed by atoms with van der Waals surface area (Å²) in [6.07, 6.45) is 13.6. The van der Waals surface area contributed by atoms with Gasteiger partial charge in [-0.05, 0) is 56.1 Å². The number of hydrogen-bond donors (Lipinski definition) is 0. The van der Waals surface area contributed by atoms with Crippen LogP contribution in [-0.4, -0.2) is 0 Å². The molecular weight excluding hydrogens is 276 g/mol. The van der Waals surface area contributed by atoms with Crippen LogP contribution in [0.25, 0.3) is 0 Å². The Morgan fingerprint density at radius 3 is 1.22 bits per heavy atom. The first kappa shape index (κ1) is 18.3. The quantitative estimate of drug-likeness (QED) is 0.434. The predicted octanol–water partition coefficient (Wildman–Crippen LogP) is 7.54. The summed E-state index contributed by atoms with van der Waals surface area (Å²) in [5, 5.41) is 0. The standard InChI is InChI=1S/C23H36/c1-7-16-13-18(9-3)22(20(16)11-5)15-23-19(10-4)14-17(8-2)21(23)12-6/h13-14,22-23H,7-12,15H2,1-6H3. The minimum Gasteiger partial charge on any atom is -0.0630 e. The zero-order chi connectivity index (χ0) is 17.0. The fraction of sp³-hybridized carbons (Fsp3) is 0.652. The normalized spacial score (nSPS) is 24.6. The fourth-order valence-electron chi connectivity index (χ4n) is 4.85. The summed E-state index contributed by atoms with van der Waals surface area (Å²) in [6, 6.07) is 0. The molecule has 0 heteroatoms. The van der Waals surface area contributed by atoms with Gasteiger partial charge in [0.1, 0.15) is 0 Å². The molecule has 2 atom stereocenters. The van der Waals surface area contributed by atoms with E-state index in [0.717, 1.165) is 0 Å². The lowest BCUT2D eigenvalue weighted by atomic mass is 9.78. The Kier molecular flexibility index (Phi) is 6.50. The first-order valence-corrected chi connectivity index (χ1v) is 9.99. The summed E-state index contributed by atoms with van der Waals surface area (Å²) in [5.74, 6) is 1.41. The summed E-state index contributed by atoms with van der Waals surface area (Å²) in [5.41, 5.74) is 10.1. The fourth-order valence-corrected chi connectivity index (χ4v) is 4.85. The highest BCUT2D eigenvalue weighted by Crippen LogP contribution is 2.46. The zero-order valence-electron chi connectivity index (χ0n) is 16.3. The summed E-state index contributed by atoms with van der Waals surface area (Å²) < 4.78 is 0. The van der Waals surface area contributed by atoms with Crippen molar-refractivity contribution in [1.82, 2.24) is 0 Å². The smallest absolute Gasteiger partial charge is 0.00246 e. The second-order valence-electron chi connectivity index (χ2n) is 7.00. The van der Waals surface area contributed by atoms with Gasteiger partial charge in [0.05, 0.1) is 0 Å². The van der Waals surface area contributed by atoms with Crippen LogP contribution in [-0.2, 0) is 0 Å². The molecule has 0 aliphatic heterocycles. The molecule has 2 aliphatic rings. The van der Waals surface area contributed by atoms with Crippen LogP contribution in [0.15, 0.2) is 45.6 Å². The van der Waals surface area contributed by atoms with Crippen LogP contribution in [0.2, 0.25) is 0 Å². The molecule has 0 bridgehead atoms. The summed E-state index contributed by atoms with van der Waals surface area (Å²) in [4.78, 5) is 0. The third kappa shape index (κ3) is 3.42. The van der Waals surface area contributed by atoms with Crippen molar-refractivity contribution in [2.24, 2.45) is 11.8 Å². The van der Waals surface area contributed by atoms with Gasteiger partial charge in [-0.1, -0.05) is 76.0 Å². The number of hydrogen-bond acceptors (Lipinski definition) is 0. The van der Waals surface area contributed by atoms with Crippen molar-refractivity contribution >= 4 is 0 Å². The van der Waals surface area contributed by atoms with E-state index in [2.05, 4.69) is 53.7 Å². The van der Waals surface area contributed by atoms with Gasteiger partial charge in [0, 0.05) is 11.8 Å². The maximum absolute atomic E-state index is 2.53. The Labute approximate surface area is 144 Å². The largest absolute Gasteiger partial charge is 0.0630 e. The molecule has 0 nitrogen and oxygen atoms in total. The Morgan fingerprint density at radius 1 is 0.565 bits per heavy atom. The van der Waals surface area contributed by atoms with Gasteiger partial charge >= 0.3 is 0 Å². The molecule has 0 spiro atoms. The minimum absolute atomic E-state index is 0.706. The molecule has 0 aromatic heterocycles. The summed E-state index contributed by atoms with van der Waals surface area (Å²) in [6.45, 7) is 14.0. The van der Waals surface area contributed by atoms with E-state index < -0.39 is 0 Å². The van der Waals surface area contributed by atoms with Crippen LogP contribution in [0.1, 0.15) is 86.5 Å². The minimum atomic E-state index is 0.706. The van der Waals surface area contributed by atoms with Crippen LogP contribution in [0.3, 0.4) is 0 Å². The molecule has 2 rings (SSSR count). The molecule has 0 amide bonds. The molecular formula is C23H36. The molecule has 0 heterocycles. The highest BCUT2D eigenvalue weighted by atomic mass is 14.4. The van der Waals surface area contributed by atoms with Crippen LogP contribution in [0.4, 0.5) is 0 Å². The van der Waals surface area contributed by atoms with Crippen molar-refractivity contribution in [1.29, 1.82) is 0 Å². The van der Waals surface area contributed by atoms with Gasteiger partial charge in [-0.15, -0.1) is 0 Å². The van der Waals surface area contributed by atoms with E-state index in [9.17, 15) is 0 Å². The van der Waals surface area contributed by atoms with Gasteiger partial charge in [-0.3, -0.25) is 0 Å². The van der Waals surface area contributed by atoms with Crippen LogP contribution >= 0.6 is 0 Å². The zero-order valence-corrected chi connectivity index (χ0v) is 16.3. The van der Waals surface area contributed by atoms with E-state index >= 15 is 0 Å². The van der Waals surface area contributed by atoms with Gasteiger partial charge in [-0.25, -0.2) is 0 Å². The third-order valence-corrected chi connectivity index (χ3v) is 6.09. The molecule has 0 aromatic carbocycles. The van der Waals surface area contributed by atoms with E-state index in [0.29, 0.717) is 11.8 Å². The number of allylic oxidation sites excluding steroid dienone is 8. The van der Waals surface area contributed by atoms with Crippen molar-refractivity contribution in [3.8, 4) is 0 Å². The molecule has 128 valence electrons. The first-order chi connectivity index (χ1) is 11.1. The van der Waals surface area contributed by atoms with Gasteiger partial charge < -0.3 is 0 Å². The van der Waals surface area contributed by atoms with Crippen molar-refractivity contribution in [2.45, 2.75) is 86.5 Å². The lowest BCUT2D eigenvalue weighted by Crippen LogP contribution is -2.14.